The van der Waals surface area contributed by atoms with E-state index in [0.717, 1.165) is 43.9 Å². The van der Waals surface area contributed by atoms with E-state index < -0.39 is 0 Å². The smallest absolute Gasteiger partial charge is 0.323 e. The lowest BCUT2D eigenvalue weighted by atomic mass is 10.2. The average Bonchev–Trinajstić information content (AvgIpc) is 2.81. The average molecular weight is 440 g/mol. The summed E-state index contributed by atoms with van der Waals surface area (Å²) in [6.45, 7) is 8.34. The van der Waals surface area contributed by atoms with E-state index in [9.17, 15) is 9.59 Å². The van der Waals surface area contributed by atoms with Crippen molar-refractivity contribution in [2.75, 3.05) is 54.9 Å². The normalized spacial score (nSPS) is 13.4. The predicted molar refractivity (Wildman–Crippen MR) is 129 cm³/mol. The molecule has 2 aromatic carbocycles. The van der Waals surface area contributed by atoms with Crippen LogP contribution >= 0.6 is 0 Å². The maximum Gasteiger partial charge on any atom is 0.323 e. The van der Waals surface area contributed by atoms with Gasteiger partial charge in [-0.2, -0.15) is 0 Å². The van der Waals surface area contributed by atoms with Gasteiger partial charge in [0.25, 0.3) is 0 Å². The summed E-state index contributed by atoms with van der Waals surface area (Å²) in [6, 6.07) is 14.7. The molecule has 2 aromatic rings. The molecule has 3 N–H and O–H groups in total. The zero-order chi connectivity index (χ0) is 22.8. The Morgan fingerprint density at radius 1 is 0.875 bits per heavy atom. The number of rotatable bonds is 8. The Labute approximate surface area is 189 Å². The third-order valence-electron chi connectivity index (χ3n) is 5.29. The zero-order valence-corrected chi connectivity index (χ0v) is 18.9. The van der Waals surface area contributed by atoms with E-state index in [-0.39, 0.29) is 12.1 Å². The molecule has 1 fully saturated rings. The van der Waals surface area contributed by atoms with E-state index in [1.54, 1.807) is 12.1 Å². The molecule has 1 heterocycles. The molecule has 0 aromatic heterocycles. The molecule has 1 saturated heterocycles. The number of nitrogens with one attached hydrogen (secondary N) is 3. The predicted octanol–water partition coefficient (Wildman–Crippen LogP) is 4.36. The molecule has 172 valence electrons. The molecule has 0 saturated carbocycles. The van der Waals surface area contributed by atoms with Crippen LogP contribution in [-0.4, -0.2) is 56.3 Å². The fourth-order valence-electron chi connectivity index (χ4n) is 3.50. The van der Waals surface area contributed by atoms with E-state index in [2.05, 4.69) is 27.8 Å². The second-order valence-corrected chi connectivity index (χ2v) is 7.64. The highest BCUT2D eigenvalue weighted by atomic mass is 16.5. The number of carbonyl (C=O) groups excluding carboxylic acids is 2. The van der Waals surface area contributed by atoms with Crippen LogP contribution in [0.1, 0.15) is 26.7 Å². The fourth-order valence-corrected chi connectivity index (χ4v) is 3.50. The molecule has 32 heavy (non-hydrogen) atoms. The van der Waals surface area contributed by atoms with Crippen molar-refractivity contribution in [2.45, 2.75) is 26.7 Å². The summed E-state index contributed by atoms with van der Waals surface area (Å²) in [5.74, 6) is 0.770. The summed E-state index contributed by atoms with van der Waals surface area (Å²) in [5.41, 5.74) is 2.49. The SMILES string of the molecule is CCCCNC(=O)N1CCN(c2ccc(NC(=O)Nc3ccc(OCC)cc3)cc2)CC1. The van der Waals surface area contributed by atoms with Crippen LogP contribution in [0.2, 0.25) is 0 Å². The molecule has 0 radical (unpaired) electrons. The number of carbonyl (C=O) groups is 2. The monoisotopic (exact) mass is 439 g/mol. The van der Waals surface area contributed by atoms with Gasteiger partial charge in [0.1, 0.15) is 5.75 Å². The summed E-state index contributed by atoms with van der Waals surface area (Å²) in [4.78, 5) is 28.6. The van der Waals surface area contributed by atoms with E-state index in [4.69, 9.17) is 4.74 Å². The summed E-state index contributed by atoms with van der Waals surface area (Å²) in [7, 11) is 0. The summed E-state index contributed by atoms with van der Waals surface area (Å²) >= 11 is 0. The summed E-state index contributed by atoms with van der Waals surface area (Å²) in [6.07, 6.45) is 2.08. The van der Waals surface area contributed by atoms with Crippen LogP contribution in [0, 0.1) is 0 Å². The number of anilines is 3. The van der Waals surface area contributed by atoms with Crippen molar-refractivity contribution in [3.8, 4) is 5.75 Å². The van der Waals surface area contributed by atoms with Crippen LogP contribution in [0.3, 0.4) is 0 Å². The molecule has 0 aliphatic carbocycles. The van der Waals surface area contributed by atoms with Gasteiger partial charge < -0.3 is 30.5 Å². The van der Waals surface area contributed by atoms with Crippen LogP contribution in [0.5, 0.6) is 5.75 Å². The van der Waals surface area contributed by atoms with Crippen molar-refractivity contribution in [3.05, 3.63) is 48.5 Å². The van der Waals surface area contributed by atoms with E-state index in [1.165, 1.54) is 0 Å². The Morgan fingerprint density at radius 2 is 1.47 bits per heavy atom. The first-order valence-corrected chi connectivity index (χ1v) is 11.3. The van der Waals surface area contributed by atoms with Gasteiger partial charge in [-0.25, -0.2) is 9.59 Å². The van der Waals surface area contributed by atoms with Gasteiger partial charge in [-0.05, 0) is 61.9 Å². The number of nitrogens with zero attached hydrogens (tertiary/aromatic N) is 2. The van der Waals surface area contributed by atoms with Crippen molar-refractivity contribution >= 4 is 29.1 Å². The van der Waals surface area contributed by atoms with E-state index in [0.29, 0.717) is 31.1 Å². The van der Waals surface area contributed by atoms with Crippen LogP contribution in [0.15, 0.2) is 48.5 Å². The van der Waals surface area contributed by atoms with Gasteiger partial charge in [0.15, 0.2) is 0 Å². The minimum atomic E-state index is -0.301. The lowest BCUT2D eigenvalue weighted by Gasteiger charge is -2.36. The molecular formula is C24H33N5O3. The van der Waals surface area contributed by atoms with Gasteiger partial charge >= 0.3 is 12.1 Å². The molecular weight excluding hydrogens is 406 g/mol. The maximum atomic E-state index is 12.3. The van der Waals surface area contributed by atoms with Crippen LogP contribution in [0.25, 0.3) is 0 Å². The molecule has 4 amide bonds. The molecule has 0 atom stereocenters. The number of piperazine rings is 1. The Morgan fingerprint density at radius 3 is 2.03 bits per heavy atom. The first kappa shape index (κ1) is 23.2. The van der Waals surface area contributed by atoms with Crippen molar-refractivity contribution in [2.24, 2.45) is 0 Å². The van der Waals surface area contributed by atoms with Crippen LogP contribution < -0.4 is 25.6 Å². The topological polar surface area (TPSA) is 85.9 Å². The van der Waals surface area contributed by atoms with Crippen molar-refractivity contribution < 1.29 is 14.3 Å². The fraction of sp³-hybridized carbons (Fsp3) is 0.417. The lowest BCUT2D eigenvalue weighted by molar-refractivity contribution is 0.194. The van der Waals surface area contributed by atoms with Crippen LogP contribution in [0.4, 0.5) is 26.7 Å². The third kappa shape index (κ3) is 6.80. The number of hydrogen-bond acceptors (Lipinski definition) is 4. The Kier molecular flexibility index (Phi) is 8.60. The van der Waals surface area contributed by atoms with Gasteiger partial charge in [-0.15, -0.1) is 0 Å². The highest BCUT2D eigenvalue weighted by Gasteiger charge is 2.21. The molecule has 1 aliphatic heterocycles. The minimum absolute atomic E-state index is 0.0242. The lowest BCUT2D eigenvalue weighted by Crippen LogP contribution is -2.52. The second-order valence-electron chi connectivity index (χ2n) is 7.64. The van der Waals surface area contributed by atoms with Gasteiger partial charge in [0.05, 0.1) is 6.61 Å². The second kappa shape index (κ2) is 11.8. The maximum absolute atomic E-state index is 12.3. The molecule has 0 unspecified atom stereocenters. The van der Waals surface area contributed by atoms with Gasteiger partial charge in [-0.1, -0.05) is 13.3 Å². The number of unbranched alkanes of at least 4 members (excludes halogenated alkanes) is 1. The third-order valence-corrected chi connectivity index (χ3v) is 5.29. The highest BCUT2D eigenvalue weighted by Crippen LogP contribution is 2.20. The van der Waals surface area contributed by atoms with Gasteiger partial charge in [0.2, 0.25) is 0 Å². The Bertz CT molecular complexity index is 862. The largest absolute Gasteiger partial charge is 0.494 e. The molecule has 8 nitrogen and oxygen atoms in total. The van der Waals surface area contributed by atoms with Crippen molar-refractivity contribution in [1.29, 1.82) is 0 Å². The number of amides is 4. The quantitative estimate of drug-likeness (QED) is 0.534. The summed E-state index contributed by atoms with van der Waals surface area (Å²) < 4.78 is 5.41. The highest BCUT2D eigenvalue weighted by molar-refractivity contribution is 5.99. The van der Waals surface area contributed by atoms with Crippen molar-refractivity contribution in [3.63, 3.8) is 0 Å². The molecule has 0 bridgehead atoms. The standard InChI is InChI=1S/C24H33N5O3/c1-3-5-14-25-24(31)29-17-15-28(16-18-29)21-10-6-19(7-11-21)26-23(30)27-20-8-12-22(13-9-20)32-4-2/h6-13H,3-5,14-18H2,1-2H3,(H,25,31)(H2,26,27,30). The van der Waals surface area contributed by atoms with E-state index in [1.807, 2.05) is 48.2 Å². The Hall–Kier alpha value is -3.42. The van der Waals surface area contributed by atoms with Crippen molar-refractivity contribution in [1.82, 2.24) is 10.2 Å². The van der Waals surface area contributed by atoms with Gasteiger partial charge in [0, 0.05) is 49.8 Å². The van der Waals surface area contributed by atoms with E-state index >= 15 is 0 Å². The minimum Gasteiger partial charge on any atom is -0.494 e. The Balaban J connectivity index is 1.45. The number of ether oxygens (including phenoxy) is 1. The molecule has 8 heteroatoms. The van der Waals surface area contributed by atoms with Gasteiger partial charge in [-0.3, -0.25) is 0 Å². The number of benzene rings is 2. The summed E-state index contributed by atoms with van der Waals surface area (Å²) in [5, 5.41) is 8.63. The first-order valence-electron chi connectivity index (χ1n) is 11.3. The number of hydrogen-bond donors (Lipinski definition) is 3. The zero-order valence-electron chi connectivity index (χ0n) is 18.9. The van der Waals surface area contributed by atoms with Crippen LogP contribution in [-0.2, 0) is 0 Å². The molecule has 1 aliphatic rings. The first-order chi connectivity index (χ1) is 15.6. The number of urea groups is 2. The molecule has 3 rings (SSSR count). The molecule has 0 spiro atoms.